The summed E-state index contributed by atoms with van der Waals surface area (Å²) in [6.45, 7) is 4.38. The van der Waals surface area contributed by atoms with Crippen LogP contribution in [-0.4, -0.2) is 58.4 Å². The Balaban J connectivity index is 1.65. The molecule has 8 heteroatoms. The van der Waals surface area contributed by atoms with Gasteiger partial charge in [-0.2, -0.15) is 0 Å². The Bertz CT molecular complexity index is 1580. The van der Waals surface area contributed by atoms with Crippen molar-refractivity contribution in [2.24, 2.45) is 0 Å². The second kappa shape index (κ2) is 13.5. The van der Waals surface area contributed by atoms with E-state index in [2.05, 4.69) is 0 Å². The third-order valence-corrected chi connectivity index (χ3v) is 8.08. The van der Waals surface area contributed by atoms with Gasteiger partial charge in [0.05, 0.1) is 0 Å². The van der Waals surface area contributed by atoms with Crippen molar-refractivity contribution in [2.45, 2.75) is 39.5 Å². The molecule has 4 aromatic carbocycles. The number of nitrogens with zero attached hydrogens (tertiary/aromatic N) is 1. The molecule has 3 N–H and O–H groups in total. The van der Waals surface area contributed by atoms with Crippen LogP contribution in [0.2, 0.25) is 0 Å². The van der Waals surface area contributed by atoms with E-state index in [1.807, 2.05) is 86.6 Å². The zero-order valence-electron chi connectivity index (χ0n) is 25.0. The van der Waals surface area contributed by atoms with Crippen LogP contribution in [0.1, 0.15) is 58.4 Å². The van der Waals surface area contributed by atoms with E-state index in [0.717, 1.165) is 22.3 Å². The van der Waals surface area contributed by atoms with Gasteiger partial charge in [-0.1, -0.05) is 72.8 Å². The number of ether oxygens (including phenoxy) is 2. The molecule has 0 atom stereocenters. The Morgan fingerprint density at radius 1 is 0.591 bits per heavy atom. The second-order valence-corrected chi connectivity index (χ2v) is 10.9. The molecular formula is C36H37NO7. The summed E-state index contributed by atoms with van der Waals surface area (Å²) in [6, 6.07) is 22.5. The fraction of sp³-hybridized carbons (Fsp3) is 0.278. The molecule has 0 fully saturated rings. The Morgan fingerprint density at radius 2 is 0.909 bits per heavy atom. The molecule has 8 nitrogen and oxygen atoms in total. The number of likely N-dealkylation sites (N-methyl/N-ethyl adjacent to an activating group) is 1. The minimum atomic E-state index is -1.10. The summed E-state index contributed by atoms with van der Waals surface area (Å²) in [6.07, 6.45) is 1.29. The van der Waals surface area contributed by atoms with Gasteiger partial charge < -0.3 is 29.7 Å². The molecule has 1 aliphatic rings. The minimum Gasteiger partial charge on any atom is -0.507 e. The Morgan fingerprint density at radius 3 is 1.23 bits per heavy atom. The highest BCUT2D eigenvalue weighted by Crippen LogP contribution is 2.38. The van der Waals surface area contributed by atoms with Crippen molar-refractivity contribution in [3.05, 3.63) is 117 Å². The number of carbonyl (C=O) groups excluding carboxylic acids is 1. The number of phenolic OH excluding ortho intramolecular Hbond substituents is 2. The molecule has 1 aliphatic carbocycles. The molecule has 0 heterocycles. The standard InChI is InChI=1S/C36H37NO7/c1-3-37(4-2)31(38)21-43-35-27-13-7-14-28(35)18-24-10-6-12-26(34(24)42)20-30-16-8-15-29(36(30)44-22-32(39)40)19-25-11-5-9-23(17-27)33(25)41/h5-16,41-42H,3-4,17-22H2,1-2H3,(H,39,40). The topological polar surface area (TPSA) is 117 Å². The number of carboxylic acids is 1. The van der Waals surface area contributed by atoms with E-state index >= 15 is 0 Å². The highest BCUT2D eigenvalue weighted by Gasteiger charge is 2.21. The summed E-state index contributed by atoms with van der Waals surface area (Å²) < 4.78 is 12.1. The van der Waals surface area contributed by atoms with Crippen molar-refractivity contribution >= 4 is 11.9 Å². The van der Waals surface area contributed by atoms with E-state index in [-0.39, 0.29) is 24.0 Å². The van der Waals surface area contributed by atoms with Crippen molar-refractivity contribution < 1.29 is 34.4 Å². The molecule has 0 radical (unpaired) electrons. The van der Waals surface area contributed by atoms with E-state index in [4.69, 9.17) is 9.47 Å². The number of aromatic hydroxyl groups is 2. The average molecular weight is 596 g/mol. The van der Waals surface area contributed by atoms with Crippen LogP contribution in [-0.2, 0) is 35.3 Å². The van der Waals surface area contributed by atoms with Crippen molar-refractivity contribution in [1.29, 1.82) is 0 Å². The number of benzene rings is 4. The van der Waals surface area contributed by atoms with Crippen LogP contribution >= 0.6 is 0 Å². The number of aliphatic carboxylic acids is 1. The fourth-order valence-electron chi connectivity index (χ4n) is 5.82. The summed E-state index contributed by atoms with van der Waals surface area (Å²) in [5.41, 5.74) is 5.73. The lowest BCUT2D eigenvalue weighted by molar-refractivity contribution is -0.139. The molecule has 0 unspecified atom stereocenters. The number of para-hydroxylation sites is 4. The van der Waals surface area contributed by atoms with Crippen LogP contribution in [0.25, 0.3) is 0 Å². The Labute approximate surface area is 257 Å². The first kappa shape index (κ1) is 30.5. The van der Waals surface area contributed by atoms with E-state index in [1.165, 1.54) is 0 Å². The summed E-state index contributed by atoms with van der Waals surface area (Å²) in [5, 5.41) is 32.3. The SMILES string of the molecule is CCN(CC)C(=O)COc1c2cccc1Cc1cccc(c1O)Cc1cccc(c1OCC(=O)O)Cc1cccc(c1O)C2. The molecule has 5 rings (SSSR count). The predicted octanol–water partition coefficient (Wildman–Crippen LogP) is 5.49. The second-order valence-electron chi connectivity index (χ2n) is 10.9. The van der Waals surface area contributed by atoms with E-state index < -0.39 is 12.6 Å². The number of rotatable bonds is 8. The first-order valence-corrected chi connectivity index (χ1v) is 14.8. The van der Waals surface area contributed by atoms with Crippen LogP contribution in [0.3, 0.4) is 0 Å². The molecule has 0 aromatic heterocycles. The van der Waals surface area contributed by atoms with Gasteiger partial charge in [0.15, 0.2) is 13.2 Å². The molecule has 4 aromatic rings. The molecule has 44 heavy (non-hydrogen) atoms. The third kappa shape index (κ3) is 6.64. The minimum absolute atomic E-state index is 0.116. The van der Waals surface area contributed by atoms with Crippen molar-refractivity contribution in [3.63, 3.8) is 0 Å². The molecular weight excluding hydrogens is 558 g/mol. The van der Waals surface area contributed by atoms with Crippen LogP contribution in [0.5, 0.6) is 23.0 Å². The molecule has 8 bridgehead atoms. The van der Waals surface area contributed by atoms with Crippen molar-refractivity contribution in [1.82, 2.24) is 4.90 Å². The van der Waals surface area contributed by atoms with Gasteiger partial charge in [0.2, 0.25) is 0 Å². The van der Waals surface area contributed by atoms with E-state index in [1.54, 1.807) is 4.90 Å². The van der Waals surface area contributed by atoms with Crippen LogP contribution < -0.4 is 9.47 Å². The summed E-state index contributed by atoms with van der Waals surface area (Å²) in [5.74, 6) is 0.0371. The largest absolute Gasteiger partial charge is 0.507 e. The maximum Gasteiger partial charge on any atom is 0.341 e. The first-order valence-electron chi connectivity index (χ1n) is 14.8. The monoisotopic (exact) mass is 595 g/mol. The predicted molar refractivity (Wildman–Crippen MR) is 167 cm³/mol. The maximum absolute atomic E-state index is 12.9. The molecule has 0 saturated heterocycles. The number of phenols is 2. The number of hydrogen-bond donors (Lipinski definition) is 3. The summed E-state index contributed by atoms with van der Waals surface area (Å²) >= 11 is 0. The number of carboxylic acid groups (broad SMARTS) is 1. The first-order chi connectivity index (χ1) is 21.3. The van der Waals surface area contributed by atoms with E-state index in [9.17, 15) is 24.9 Å². The van der Waals surface area contributed by atoms with Gasteiger partial charge in [0, 0.05) is 38.8 Å². The number of amides is 1. The number of carbonyl (C=O) groups is 2. The Hall–Kier alpha value is -4.98. The maximum atomic E-state index is 12.9. The van der Waals surface area contributed by atoms with E-state index in [0.29, 0.717) is 72.5 Å². The fourth-order valence-corrected chi connectivity index (χ4v) is 5.82. The van der Waals surface area contributed by atoms with Crippen molar-refractivity contribution in [3.8, 4) is 23.0 Å². The zero-order chi connectivity index (χ0) is 31.2. The zero-order valence-corrected chi connectivity index (χ0v) is 25.0. The van der Waals surface area contributed by atoms with Crippen LogP contribution in [0.15, 0.2) is 72.8 Å². The highest BCUT2D eigenvalue weighted by atomic mass is 16.5. The van der Waals surface area contributed by atoms with Gasteiger partial charge in [-0.05, 0) is 58.4 Å². The number of hydrogen-bond acceptors (Lipinski definition) is 6. The summed E-state index contributed by atoms with van der Waals surface area (Å²) in [7, 11) is 0. The molecule has 1 amide bonds. The smallest absolute Gasteiger partial charge is 0.341 e. The third-order valence-electron chi connectivity index (χ3n) is 8.08. The lowest BCUT2D eigenvalue weighted by atomic mass is 9.91. The van der Waals surface area contributed by atoms with Gasteiger partial charge in [0.1, 0.15) is 23.0 Å². The molecule has 0 saturated carbocycles. The summed E-state index contributed by atoms with van der Waals surface area (Å²) in [4.78, 5) is 26.1. The van der Waals surface area contributed by atoms with Gasteiger partial charge in [-0.15, -0.1) is 0 Å². The average Bonchev–Trinajstić information content (AvgIpc) is 3.00. The quantitative estimate of drug-likeness (QED) is 0.217. The van der Waals surface area contributed by atoms with Crippen molar-refractivity contribution in [2.75, 3.05) is 26.3 Å². The number of fused-ring (bicyclic) bond motifs is 8. The van der Waals surface area contributed by atoms with Gasteiger partial charge >= 0.3 is 5.97 Å². The Kier molecular flexibility index (Phi) is 9.38. The molecule has 0 aliphatic heterocycles. The lowest BCUT2D eigenvalue weighted by Gasteiger charge is -2.22. The molecule has 0 spiro atoms. The van der Waals surface area contributed by atoms with Gasteiger partial charge in [-0.3, -0.25) is 4.79 Å². The van der Waals surface area contributed by atoms with Gasteiger partial charge in [0.25, 0.3) is 5.91 Å². The van der Waals surface area contributed by atoms with Crippen LogP contribution in [0, 0.1) is 0 Å². The lowest BCUT2D eigenvalue weighted by Crippen LogP contribution is -2.34. The molecule has 228 valence electrons. The normalized spacial score (nSPS) is 12.3. The van der Waals surface area contributed by atoms with Gasteiger partial charge in [-0.25, -0.2) is 4.79 Å². The van der Waals surface area contributed by atoms with Crippen LogP contribution in [0.4, 0.5) is 0 Å². The highest BCUT2D eigenvalue weighted by molar-refractivity contribution is 5.77.